The van der Waals surface area contributed by atoms with Gasteiger partial charge < -0.3 is 9.80 Å². The molecule has 3 heterocycles. The summed E-state index contributed by atoms with van der Waals surface area (Å²) in [7, 11) is 1.76. The molecule has 176 valence electrons. The summed E-state index contributed by atoms with van der Waals surface area (Å²) >= 11 is 6.50. The van der Waals surface area contributed by atoms with E-state index in [0.717, 1.165) is 10.5 Å². The van der Waals surface area contributed by atoms with Gasteiger partial charge in [0, 0.05) is 37.5 Å². The number of aromatic nitrogens is 2. The molecule has 8 nitrogen and oxygen atoms in total. The minimum Gasteiger partial charge on any atom is -0.307 e. The summed E-state index contributed by atoms with van der Waals surface area (Å²) in [5.74, 6) is 5.31. The summed E-state index contributed by atoms with van der Waals surface area (Å²) in [6.45, 7) is 2.21. The van der Waals surface area contributed by atoms with E-state index in [0.29, 0.717) is 17.8 Å². The second-order valence-electron chi connectivity index (χ2n) is 8.73. The number of carbonyl (C=O) groups is 3. The van der Waals surface area contributed by atoms with Crippen molar-refractivity contribution in [3.05, 3.63) is 77.1 Å². The van der Waals surface area contributed by atoms with Crippen LogP contribution in [0.4, 0.5) is 16.2 Å². The highest BCUT2D eigenvalue weighted by Crippen LogP contribution is 2.38. The third kappa shape index (κ3) is 3.94. The van der Waals surface area contributed by atoms with Crippen LogP contribution in [0.25, 0.3) is 0 Å². The molecule has 2 aliphatic heterocycles. The maximum absolute atomic E-state index is 13.5. The van der Waals surface area contributed by atoms with Crippen LogP contribution in [0.2, 0.25) is 5.02 Å². The Labute approximate surface area is 207 Å². The molecule has 2 fully saturated rings. The number of piperazine rings is 1. The fourth-order valence-corrected chi connectivity index (χ4v) is 4.76. The monoisotopic (exact) mass is 487 g/mol. The van der Waals surface area contributed by atoms with Crippen molar-refractivity contribution in [1.82, 2.24) is 14.7 Å². The van der Waals surface area contributed by atoms with Gasteiger partial charge in [-0.25, -0.2) is 9.69 Å². The molecular formula is C26H22ClN5O3. The van der Waals surface area contributed by atoms with Crippen LogP contribution in [0.3, 0.4) is 0 Å². The number of hydrogen-bond donors (Lipinski definition) is 0. The summed E-state index contributed by atoms with van der Waals surface area (Å²) in [6, 6.07) is 13.9. The van der Waals surface area contributed by atoms with Gasteiger partial charge in [0.15, 0.2) is 0 Å². The maximum atomic E-state index is 13.5. The first-order chi connectivity index (χ1) is 16.8. The van der Waals surface area contributed by atoms with Crippen molar-refractivity contribution in [3.63, 3.8) is 0 Å². The zero-order valence-corrected chi connectivity index (χ0v) is 20.0. The van der Waals surface area contributed by atoms with Crippen molar-refractivity contribution in [2.75, 3.05) is 22.9 Å². The quantitative estimate of drug-likeness (QED) is 0.519. The van der Waals surface area contributed by atoms with Crippen molar-refractivity contribution < 1.29 is 14.4 Å². The number of amides is 4. The fourth-order valence-electron chi connectivity index (χ4n) is 4.50. The van der Waals surface area contributed by atoms with Gasteiger partial charge in [-0.15, -0.1) is 0 Å². The van der Waals surface area contributed by atoms with Crippen LogP contribution in [0.15, 0.2) is 60.9 Å². The Morgan fingerprint density at radius 2 is 1.74 bits per heavy atom. The standard InChI is InChI=1S/C26H22ClN5O3/c1-26-15-23(33)32(22-11-10-19(14-21(22)27)9-8-18-6-4-3-5-7-18)25(35)31(26)13-12-30(24(26)34)20-16-28-29(2)17-20/h3-7,10-11,14,16-17H,12-13,15H2,1-2H3. The number of anilines is 2. The number of imide groups is 1. The Bertz CT molecular complexity index is 1410. The van der Waals surface area contributed by atoms with Crippen molar-refractivity contribution >= 4 is 40.8 Å². The van der Waals surface area contributed by atoms with E-state index in [4.69, 9.17) is 11.6 Å². The number of rotatable bonds is 2. The molecule has 9 heteroatoms. The zero-order valence-electron chi connectivity index (χ0n) is 19.2. The average Bonchev–Trinajstić information content (AvgIpc) is 3.26. The number of fused-ring (bicyclic) bond motifs is 1. The van der Waals surface area contributed by atoms with Gasteiger partial charge in [0.1, 0.15) is 5.54 Å². The molecule has 1 aromatic heterocycles. The van der Waals surface area contributed by atoms with Crippen LogP contribution in [0.1, 0.15) is 24.5 Å². The molecule has 0 spiro atoms. The minimum absolute atomic E-state index is 0.153. The smallest absolute Gasteiger partial charge is 0.307 e. The lowest BCUT2D eigenvalue weighted by Gasteiger charge is -2.51. The Morgan fingerprint density at radius 3 is 2.43 bits per heavy atom. The SMILES string of the molecule is Cn1cc(N2CCN3C(=O)N(c4ccc(C#Cc5ccccc5)cc4Cl)C(=O)CC3(C)C2=O)cn1. The van der Waals surface area contributed by atoms with Crippen LogP contribution >= 0.6 is 11.6 Å². The van der Waals surface area contributed by atoms with Crippen molar-refractivity contribution in [2.45, 2.75) is 18.9 Å². The fraction of sp³-hybridized carbons (Fsp3) is 0.231. The lowest BCUT2D eigenvalue weighted by atomic mass is 9.88. The summed E-state index contributed by atoms with van der Waals surface area (Å²) in [6.07, 6.45) is 3.18. The first kappa shape index (κ1) is 22.7. The third-order valence-electron chi connectivity index (χ3n) is 6.33. The van der Waals surface area contributed by atoms with Crippen LogP contribution in [0, 0.1) is 11.8 Å². The molecule has 4 amide bonds. The predicted molar refractivity (Wildman–Crippen MR) is 132 cm³/mol. The van der Waals surface area contributed by atoms with E-state index in [1.807, 2.05) is 30.3 Å². The molecule has 2 saturated heterocycles. The lowest BCUT2D eigenvalue weighted by Crippen LogP contribution is -2.72. The first-order valence-electron chi connectivity index (χ1n) is 11.1. The molecule has 1 atom stereocenters. The molecule has 2 aliphatic rings. The third-order valence-corrected chi connectivity index (χ3v) is 6.64. The summed E-state index contributed by atoms with van der Waals surface area (Å²) in [5, 5.41) is 4.36. The predicted octanol–water partition coefficient (Wildman–Crippen LogP) is 3.44. The maximum Gasteiger partial charge on any atom is 0.332 e. The van der Waals surface area contributed by atoms with Gasteiger partial charge in [-0.3, -0.25) is 14.3 Å². The van der Waals surface area contributed by atoms with E-state index in [-0.39, 0.29) is 29.6 Å². The van der Waals surface area contributed by atoms with E-state index in [1.54, 1.807) is 54.1 Å². The highest BCUT2D eigenvalue weighted by molar-refractivity contribution is 6.35. The number of benzene rings is 2. The van der Waals surface area contributed by atoms with Gasteiger partial charge in [-0.05, 0) is 37.3 Å². The number of carbonyl (C=O) groups excluding carboxylic acids is 3. The summed E-state index contributed by atoms with van der Waals surface area (Å²) in [4.78, 5) is 44.2. The number of urea groups is 1. The van der Waals surface area contributed by atoms with E-state index in [2.05, 4.69) is 16.9 Å². The second kappa shape index (κ2) is 8.60. The van der Waals surface area contributed by atoms with Gasteiger partial charge in [-0.1, -0.05) is 41.6 Å². The summed E-state index contributed by atoms with van der Waals surface area (Å²) < 4.78 is 1.60. The molecule has 35 heavy (non-hydrogen) atoms. The normalized spacial score (nSPS) is 20.0. The van der Waals surface area contributed by atoms with E-state index in [9.17, 15) is 14.4 Å². The minimum atomic E-state index is -1.29. The van der Waals surface area contributed by atoms with Gasteiger partial charge >= 0.3 is 6.03 Å². The first-order valence-corrected chi connectivity index (χ1v) is 11.5. The topological polar surface area (TPSA) is 78.8 Å². The molecule has 3 aromatic rings. The van der Waals surface area contributed by atoms with Gasteiger partial charge in [0.25, 0.3) is 5.91 Å². The number of nitrogens with zero attached hydrogens (tertiary/aromatic N) is 5. The Hall–Kier alpha value is -4.09. The molecule has 0 aliphatic carbocycles. The van der Waals surface area contributed by atoms with E-state index < -0.39 is 17.5 Å². The van der Waals surface area contributed by atoms with Crippen LogP contribution in [-0.4, -0.2) is 51.2 Å². The Balaban J connectivity index is 1.41. The zero-order chi connectivity index (χ0) is 24.7. The average molecular weight is 488 g/mol. The molecular weight excluding hydrogens is 466 g/mol. The lowest BCUT2D eigenvalue weighted by molar-refractivity contribution is -0.137. The van der Waals surface area contributed by atoms with E-state index in [1.165, 1.54) is 4.90 Å². The van der Waals surface area contributed by atoms with Gasteiger partial charge in [0.05, 0.1) is 29.0 Å². The Morgan fingerprint density at radius 1 is 1.00 bits per heavy atom. The molecule has 0 radical (unpaired) electrons. The van der Waals surface area contributed by atoms with Crippen LogP contribution in [0.5, 0.6) is 0 Å². The highest BCUT2D eigenvalue weighted by atomic mass is 35.5. The molecule has 5 rings (SSSR count). The van der Waals surface area contributed by atoms with Crippen LogP contribution in [-0.2, 0) is 16.6 Å². The number of halogens is 1. The largest absolute Gasteiger partial charge is 0.332 e. The second-order valence-corrected chi connectivity index (χ2v) is 9.13. The molecule has 2 aromatic carbocycles. The molecule has 0 bridgehead atoms. The number of aryl methyl sites for hydroxylation is 1. The van der Waals surface area contributed by atoms with E-state index >= 15 is 0 Å². The van der Waals surface area contributed by atoms with Crippen LogP contribution < -0.4 is 9.80 Å². The molecule has 1 unspecified atom stereocenters. The number of hydrogen-bond acceptors (Lipinski definition) is 4. The molecule has 0 N–H and O–H groups in total. The van der Waals surface area contributed by atoms with Crippen molar-refractivity contribution in [1.29, 1.82) is 0 Å². The van der Waals surface area contributed by atoms with Crippen molar-refractivity contribution in [3.8, 4) is 11.8 Å². The Kier molecular flexibility index (Phi) is 5.58. The summed E-state index contributed by atoms with van der Waals surface area (Å²) in [5.41, 5.74) is 1.15. The molecule has 0 saturated carbocycles. The van der Waals surface area contributed by atoms with Crippen molar-refractivity contribution in [2.24, 2.45) is 7.05 Å². The van der Waals surface area contributed by atoms with Gasteiger partial charge in [0.2, 0.25) is 5.91 Å². The van der Waals surface area contributed by atoms with Gasteiger partial charge in [-0.2, -0.15) is 5.10 Å². The highest BCUT2D eigenvalue weighted by Gasteiger charge is 2.55.